The summed E-state index contributed by atoms with van der Waals surface area (Å²) in [5.41, 5.74) is -1.60. The van der Waals surface area contributed by atoms with E-state index in [0.717, 1.165) is 16.4 Å². The Labute approximate surface area is 114 Å². The summed E-state index contributed by atoms with van der Waals surface area (Å²) in [7, 11) is -4.08. The van der Waals surface area contributed by atoms with Crippen LogP contribution in [0.5, 0.6) is 0 Å². The summed E-state index contributed by atoms with van der Waals surface area (Å²) in [6.07, 6.45) is 0.391. The van der Waals surface area contributed by atoms with E-state index in [0.29, 0.717) is 12.5 Å². The Morgan fingerprint density at radius 3 is 2.55 bits per heavy atom. The fraction of sp³-hybridized carbons (Fsp3) is 0.455. The van der Waals surface area contributed by atoms with Gasteiger partial charge in [-0.2, -0.15) is 4.31 Å². The maximum atomic E-state index is 13.7. The van der Waals surface area contributed by atoms with E-state index in [-0.39, 0.29) is 13.1 Å². The number of aliphatic hydroxyl groups is 1. The van der Waals surface area contributed by atoms with Gasteiger partial charge in [0.15, 0.2) is 0 Å². The number of β-amino-alcohol motifs (C(OH)–C–C–N with tert-alkyl or cyclic N) is 1. The lowest BCUT2D eigenvalue weighted by Gasteiger charge is -2.44. The third-order valence-electron chi connectivity index (χ3n) is 3.34. The molecule has 1 aromatic carbocycles. The van der Waals surface area contributed by atoms with Crippen molar-refractivity contribution in [1.82, 2.24) is 4.31 Å². The molecular formula is C11H13FN2O5S. The van der Waals surface area contributed by atoms with Crippen LogP contribution >= 0.6 is 0 Å². The van der Waals surface area contributed by atoms with E-state index in [1.807, 2.05) is 0 Å². The van der Waals surface area contributed by atoms with Crippen LogP contribution in [0.3, 0.4) is 0 Å². The molecule has 0 unspecified atom stereocenters. The third-order valence-corrected chi connectivity index (χ3v) is 5.17. The van der Waals surface area contributed by atoms with Crippen molar-refractivity contribution in [2.75, 3.05) is 13.1 Å². The van der Waals surface area contributed by atoms with Crippen LogP contribution < -0.4 is 0 Å². The van der Waals surface area contributed by atoms with Crippen LogP contribution in [0.2, 0.25) is 0 Å². The molecule has 0 radical (unpaired) electrons. The van der Waals surface area contributed by atoms with Crippen LogP contribution in [0.15, 0.2) is 23.1 Å². The summed E-state index contributed by atoms with van der Waals surface area (Å²) in [6.45, 7) is 1.50. The summed E-state index contributed by atoms with van der Waals surface area (Å²) >= 11 is 0. The molecule has 0 bridgehead atoms. The number of nitrogens with zero attached hydrogens (tertiary/aromatic N) is 2. The Hall–Kier alpha value is -1.58. The minimum atomic E-state index is -4.08. The highest BCUT2D eigenvalue weighted by Crippen LogP contribution is 2.31. The highest BCUT2D eigenvalue weighted by atomic mass is 32.2. The molecule has 9 heteroatoms. The lowest BCUT2D eigenvalue weighted by molar-refractivity contribution is -0.385. The topological polar surface area (TPSA) is 101 Å². The number of nitro benzene ring substituents is 1. The average Bonchev–Trinajstić information content (AvgIpc) is 2.34. The van der Waals surface area contributed by atoms with Crippen molar-refractivity contribution in [1.29, 1.82) is 0 Å². The van der Waals surface area contributed by atoms with E-state index in [1.54, 1.807) is 6.92 Å². The maximum absolute atomic E-state index is 13.7. The molecule has 1 saturated heterocycles. The zero-order valence-electron chi connectivity index (χ0n) is 10.6. The molecule has 0 saturated carbocycles. The van der Waals surface area contributed by atoms with Crippen LogP contribution in [0.1, 0.15) is 13.3 Å². The molecule has 1 heterocycles. The van der Waals surface area contributed by atoms with Gasteiger partial charge in [-0.15, -0.1) is 0 Å². The molecule has 7 nitrogen and oxygen atoms in total. The van der Waals surface area contributed by atoms with Gasteiger partial charge >= 0.3 is 0 Å². The summed E-state index contributed by atoms with van der Waals surface area (Å²) in [5.74, 6) is -1.17. The Morgan fingerprint density at radius 2 is 2.10 bits per heavy atom. The first-order chi connectivity index (χ1) is 9.19. The molecular weight excluding hydrogens is 291 g/mol. The number of nitro groups is 1. The molecule has 20 heavy (non-hydrogen) atoms. The molecule has 110 valence electrons. The number of benzene rings is 1. The van der Waals surface area contributed by atoms with Crippen molar-refractivity contribution >= 4 is 15.7 Å². The highest BCUT2D eigenvalue weighted by Gasteiger charge is 2.46. The first kappa shape index (κ1) is 14.8. The number of non-ortho nitro benzene ring substituents is 1. The summed E-state index contributed by atoms with van der Waals surface area (Å²) in [6, 6.07) is 2.37. The van der Waals surface area contributed by atoms with Crippen LogP contribution in [-0.2, 0) is 10.0 Å². The van der Waals surface area contributed by atoms with E-state index < -0.39 is 36.9 Å². The van der Waals surface area contributed by atoms with Gasteiger partial charge in [-0.3, -0.25) is 10.1 Å². The fourth-order valence-corrected chi connectivity index (χ4v) is 3.60. The standard InChI is InChI=1S/C11H13FN2O5S/c1-2-11(15)6-13(7-11)20(18,19)10-4-3-8(14(16)17)5-9(10)12/h3-5,15H,2,6-7H2,1H3. The Morgan fingerprint density at radius 1 is 1.50 bits per heavy atom. The number of hydrogen-bond donors (Lipinski definition) is 1. The summed E-state index contributed by atoms with van der Waals surface area (Å²) in [4.78, 5) is 9.05. The predicted molar refractivity (Wildman–Crippen MR) is 67.1 cm³/mol. The van der Waals surface area contributed by atoms with Crippen molar-refractivity contribution < 1.29 is 22.8 Å². The summed E-state index contributed by atoms with van der Waals surface area (Å²) in [5, 5.41) is 20.3. The smallest absolute Gasteiger partial charge is 0.272 e. The minimum Gasteiger partial charge on any atom is -0.387 e. The first-order valence-electron chi connectivity index (χ1n) is 5.86. The maximum Gasteiger partial charge on any atom is 0.272 e. The van der Waals surface area contributed by atoms with E-state index in [2.05, 4.69) is 0 Å². The molecule has 1 fully saturated rings. The van der Waals surface area contributed by atoms with Crippen molar-refractivity contribution in [3.63, 3.8) is 0 Å². The van der Waals surface area contributed by atoms with Crippen molar-refractivity contribution in [2.24, 2.45) is 0 Å². The van der Waals surface area contributed by atoms with Crippen molar-refractivity contribution in [3.05, 3.63) is 34.1 Å². The Balaban J connectivity index is 2.30. The van der Waals surface area contributed by atoms with Crippen LogP contribution in [0.25, 0.3) is 0 Å². The molecule has 0 aromatic heterocycles. The monoisotopic (exact) mass is 304 g/mol. The normalized spacial score (nSPS) is 18.6. The van der Waals surface area contributed by atoms with Crippen LogP contribution in [0, 0.1) is 15.9 Å². The minimum absolute atomic E-state index is 0.109. The van der Waals surface area contributed by atoms with E-state index in [1.165, 1.54) is 0 Å². The SMILES string of the molecule is CCC1(O)CN(S(=O)(=O)c2ccc([N+](=O)[O-])cc2F)C1. The second-order valence-corrected chi connectivity index (χ2v) is 6.63. The van der Waals surface area contributed by atoms with Crippen LogP contribution in [-0.4, -0.2) is 41.4 Å². The molecule has 1 aliphatic rings. The summed E-state index contributed by atoms with van der Waals surface area (Å²) < 4.78 is 38.9. The van der Waals surface area contributed by atoms with Crippen molar-refractivity contribution in [2.45, 2.75) is 23.8 Å². The van der Waals surface area contributed by atoms with Gasteiger partial charge < -0.3 is 5.11 Å². The first-order valence-corrected chi connectivity index (χ1v) is 7.30. The lowest BCUT2D eigenvalue weighted by atomic mass is 9.94. The number of halogens is 1. The van der Waals surface area contributed by atoms with Gasteiger partial charge in [0.25, 0.3) is 5.69 Å². The quantitative estimate of drug-likeness (QED) is 0.657. The predicted octanol–water partition coefficient (Wildman–Crippen LogP) is 0.879. The molecule has 1 aliphatic heterocycles. The average molecular weight is 304 g/mol. The second kappa shape index (κ2) is 4.76. The van der Waals surface area contributed by atoms with Gasteiger partial charge in [0, 0.05) is 19.2 Å². The van der Waals surface area contributed by atoms with Gasteiger partial charge in [0.1, 0.15) is 10.7 Å². The number of sulfonamides is 1. The van der Waals surface area contributed by atoms with Crippen LogP contribution in [0.4, 0.5) is 10.1 Å². The largest absolute Gasteiger partial charge is 0.387 e. The zero-order valence-corrected chi connectivity index (χ0v) is 11.4. The highest BCUT2D eigenvalue weighted by molar-refractivity contribution is 7.89. The molecule has 0 aliphatic carbocycles. The van der Waals surface area contributed by atoms with Gasteiger partial charge in [-0.05, 0) is 12.5 Å². The molecule has 1 aromatic rings. The molecule has 0 atom stereocenters. The van der Waals surface area contributed by atoms with Gasteiger partial charge in [-0.25, -0.2) is 12.8 Å². The molecule has 2 rings (SSSR count). The molecule has 0 amide bonds. The van der Waals surface area contributed by atoms with Gasteiger partial charge in [-0.1, -0.05) is 6.92 Å². The molecule has 0 spiro atoms. The van der Waals surface area contributed by atoms with Gasteiger partial charge in [0.2, 0.25) is 10.0 Å². The van der Waals surface area contributed by atoms with Gasteiger partial charge in [0.05, 0.1) is 16.6 Å². The van der Waals surface area contributed by atoms with E-state index in [9.17, 15) is 28.0 Å². The number of hydrogen-bond acceptors (Lipinski definition) is 5. The second-order valence-electron chi connectivity index (χ2n) is 4.72. The third kappa shape index (κ3) is 2.39. The van der Waals surface area contributed by atoms with E-state index in [4.69, 9.17) is 0 Å². The zero-order chi connectivity index (χ0) is 15.1. The number of rotatable bonds is 4. The fourth-order valence-electron chi connectivity index (χ4n) is 1.96. The van der Waals surface area contributed by atoms with E-state index >= 15 is 0 Å². The lowest BCUT2D eigenvalue weighted by Crippen LogP contribution is -2.62. The Bertz CT molecular complexity index is 655. The molecule has 1 N–H and O–H groups in total. The Kier molecular flexibility index (Phi) is 3.53. The van der Waals surface area contributed by atoms with Crippen molar-refractivity contribution in [3.8, 4) is 0 Å².